The molecule has 0 unspecified atom stereocenters. The molecule has 0 N–H and O–H groups in total. The molecule has 2 heterocycles. The molecule has 0 amide bonds. The summed E-state index contributed by atoms with van der Waals surface area (Å²) in [5.41, 5.74) is 8.89. The summed E-state index contributed by atoms with van der Waals surface area (Å²) in [5, 5.41) is 5.32. The summed E-state index contributed by atoms with van der Waals surface area (Å²) in [6, 6.07) is 28.9. The summed E-state index contributed by atoms with van der Waals surface area (Å²) < 4.78 is 4.74. The van der Waals surface area contributed by atoms with Gasteiger partial charge in [0, 0.05) is 45.3 Å². The highest BCUT2D eigenvalue weighted by Gasteiger charge is 2.18. The van der Waals surface area contributed by atoms with Crippen LogP contribution in [0.1, 0.15) is 11.1 Å². The van der Waals surface area contributed by atoms with E-state index in [1.807, 2.05) is 0 Å². The third-order valence-corrected chi connectivity index (χ3v) is 6.18. The number of hydrogen-bond acceptors (Lipinski definition) is 0. The molecule has 0 saturated heterocycles. The van der Waals surface area contributed by atoms with E-state index < -0.39 is 0 Å². The van der Waals surface area contributed by atoms with Crippen molar-refractivity contribution in [2.75, 3.05) is 0 Å². The Hall–Kier alpha value is -3.52. The Morgan fingerprint density at radius 1 is 0.552 bits per heavy atom. The number of rotatable bonds is 1. The minimum Gasteiger partial charge on any atom is -0.344 e. The van der Waals surface area contributed by atoms with Crippen LogP contribution < -0.4 is 0 Å². The van der Waals surface area contributed by atoms with Gasteiger partial charge in [-0.1, -0.05) is 42.5 Å². The maximum atomic E-state index is 2.42. The lowest BCUT2D eigenvalue weighted by Gasteiger charge is -2.10. The number of aromatic nitrogens is 2. The zero-order valence-corrected chi connectivity index (χ0v) is 16.9. The maximum absolute atomic E-state index is 2.42. The minimum absolute atomic E-state index is 1.23. The Morgan fingerprint density at radius 3 is 1.83 bits per heavy atom. The fraction of sp³-hybridized carbons (Fsp3) is 0.111. The molecule has 0 aliphatic heterocycles. The standard InChI is InChI=1S/C27H22N2/c1-17-14-18(2)16-19(15-17)29-23-11-7-5-9-21(23)27-25(29)13-12-24-26(27)20-8-4-6-10-22(20)28(24)3/h4-16H,1-3H3. The zero-order valence-electron chi connectivity index (χ0n) is 16.9. The van der Waals surface area contributed by atoms with Crippen LogP contribution in [0.3, 0.4) is 0 Å². The fourth-order valence-corrected chi connectivity index (χ4v) is 5.07. The van der Waals surface area contributed by atoms with Gasteiger partial charge in [0.25, 0.3) is 0 Å². The van der Waals surface area contributed by atoms with Gasteiger partial charge in [-0.05, 0) is 61.4 Å². The molecule has 6 aromatic rings. The lowest BCUT2D eigenvalue weighted by Crippen LogP contribution is -1.95. The van der Waals surface area contributed by atoms with Gasteiger partial charge in [-0.25, -0.2) is 0 Å². The van der Waals surface area contributed by atoms with Crippen LogP contribution in [0.5, 0.6) is 0 Å². The summed E-state index contributed by atoms with van der Waals surface area (Å²) in [7, 11) is 2.17. The highest BCUT2D eigenvalue weighted by molar-refractivity contribution is 6.28. The summed E-state index contributed by atoms with van der Waals surface area (Å²) in [6.45, 7) is 4.35. The molecule has 0 aliphatic rings. The SMILES string of the molecule is Cc1cc(C)cc(-n2c3ccccc3c3c4c5ccccc5n(C)c4ccc32)c1. The molecular formula is C27H22N2. The second-order valence-electron chi connectivity index (χ2n) is 8.13. The normalized spacial score (nSPS) is 12.0. The summed E-state index contributed by atoms with van der Waals surface area (Å²) in [6.07, 6.45) is 0. The molecule has 0 aliphatic carbocycles. The number of nitrogens with zero attached hydrogens (tertiary/aromatic N) is 2. The average molecular weight is 374 g/mol. The Labute approximate surface area is 169 Å². The summed E-state index contributed by atoms with van der Waals surface area (Å²) in [4.78, 5) is 0. The smallest absolute Gasteiger partial charge is 0.0548 e. The highest BCUT2D eigenvalue weighted by atomic mass is 15.0. The molecule has 0 saturated carbocycles. The van der Waals surface area contributed by atoms with Crippen LogP contribution in [0.25, 0.3) is 49.3 Å². The van der Waals surface area contributed by atoms with Crippen LogP contribution in [0.15, 0.2) is 78.9 Å². The van der Waals surface area contributed by atoms with E-state index in [2.05, 4.69) is 109 Å². The predicted octanol–water partition coefficient (Wildman–Crippen LogP) is 7.05. The van der Waals surface area contributed by atoms with E-state index in [0.717, 1.165) is 0 Å². The van der Waals surface area contributed by atoms with Crippen molar-refractivity contribution >= 4 is 43.6 Å². The zero-order chi connectivity index (χ0) is 19.7. The van der Waals surface area contributed by atoms with Gasteiger partial charge in [0.2, 0.25) is 0 Å². The molecular weight excluding hydrogens is 352 g/mol. The number of hydrogen-bond donors (Lipinski definition) is 0. The molecule has 0 fully saturated rings. The molecule has 0 atom stereocenters. The number of benzene rings is 4. The van der Waals surface area contributed by atoms with Gasteiger partial charge < -0.3 is 9.13 Å². The molecule has 0 bridgehead atoms. The maximum Gasteiger partial charge on any atom is 0.0548 e. The van der Waals surface area contributed by atoms with Crippen LogP contribution in [0.4, 0.5) is 0 Å². The fourth-order valence-electron chi connectivity index (χ4n) is 5.07. The van der Waals surface area contributed by atoms with Crippen molar-refractivity contribution in [1.29, 1.82) is 0 Å². The van der Waals surface area contributed by atoms with Crippen LogP contribution in [0, 0.1) is 13.8 Å². The molecule has 0 radical (unpaired) electrons. The first-order valence-corrected chi connectivity index (χ1v) is 10.1. The molecule has 140 valence electrons. The van der Waals surface area contributed by atoms with Gasteiger partial charge in [0.05, 0.1) is 11.0 Å². The molecule has 29 heavy (non-hydrogen) atoms. The van der Waals surface area contributed by atoms with E-state index in [1.165, 1.54) is 60.4 Å². The van der Waals surface area contributed by atoms with Crippen molar-refractivity contribution < 1.29 is 0 Å². The van der Waals surface area contributed by atoms with E-state index in [4.69, 9.17) is 0 Å². The van der Waals surface area contributed by atoms with Gasteiger partial charge in [0.1, 0.15) is 0 Å². The van der Waals surface area contributed by atoms with Crippen molar-refractivity contribution in [3.63, 3.8) is 0 Å². The third-order valence-electron chi connectivity index (χ3n) is 6.18. The Bertz CT molecular complexity index is 1560. The first-order valence-electron chi connectivity index (χ1n) is 10.1. The van der Waals surface area contributed by atoms with Crippen molar-refractivity contribution in [1.82, 2.24) is 9.13 Å². The molecule has 2 heteroatoms. The Morgan fingerprint density at radius 2 is 1.10 bits per heavy atom. The number of para-hydroxylation sites is 2. The lowest BCUT2D eigenvalue weighted by molar-refractivity contribution is 1.01. The molecule has 0 spiro atoms. The highest BCUT2D eigenvalue weighted by Crippen LogP contribution is 2.40. The second kappa shape index (κ2) is 5.74. The van der Waals surface area contributed by atoms with Crippen LogP contribution in [-0.2, 0) is 7.05 Å². The molecule has 2 nitrogen and oxygen atoms in total. The van der Waals surface area contributed by atoms with Crippen molar-refractivity contribution in [2.24, 2.45) is 7.05 Å². The topological polar surface area (TPSA) is 9.86 Å². The van der Waals surface area contributed by atoms with E-state index in [9.17, 15) is 0 Å². The monoisotopic (exact) mass is 374 g/mol. The first kappa shape index (κ1) is 16.4. The second-order valence-corrected chi connectivity index (χ2v) is 8.13. The Kier molecular flexibility index (Phi) is 3.25. The summed E-state index contributed by atoms with van der Waals surface area (Å²) >= 11 is 0. The minimum atomic E-state index is 1.23. The van der Waals surface area contributed by atoms with Crippen LogP contribution in [-0.4, -0.2) is 9.13 Å². The van der Waals surface area contributed by atoms with E-state index in [-0.39, 0.29) is 0 Å². The van der Waals surface area contributed by atoms with Gasteiger partial charge in [-0.3, -0.25) is 0 Å². The Balaban J connectivity index is 1.90. The van der Waals surface area contributed by atoms with Crippen molar-refractivity contribution in [2.45, 2.75) is 13.8 Å². The summed E-state index contributed by atoms with van der Waals surface area (Å²) in [5.74, 6) is 0. The van der Waals surface area contributed by atoms with Crippen molar-refractivity contribution in [3.8, 4) is 5.69 Å². The van der Waals surface area contributed by atoms with Crippen LogP contribution >= 0.6 is 0 Å². The van der Waals surface area contributed by atoms with Gasteiger partial charge >= 0.3 is 0 Å². The van der Waals surface area contributed by atoms with Gasteiger partial charge in [0.15, 0.2) is 0 Å². The van der Waals surface area contributed by atoms with Crippen LogP contribution in [0.2, 0.25) is 0 Å². The molecule has 6 rings (SSSR count). The predicted molar refractivity (Wildman–Crippen MR) is 124 cm³/mol. The van der Waals surface area contributed by atoms with Gasteiger partial charge in [-0.2, -0.15) is 0 Å². The van der Waals surface area contributed by atoms with E-state index in [1.54, 1.807) is 0 Å². The number of aryl methyl sites for hydroxylation is 3. The molecule has 2 aromatic heterocycles. The number of fused-ring (bicyclic) bond motifs is 7. The quantitative estimate of drug-likeness (QED) is 0.292. The third kappa shape index (κ3) is 2.17. The van der Waals surface area contributed by atoms with E-state index >= 15 is 0 Å². The largest absolute Gasteiger partial charge is 0.344 e. The van der Waals surface area contributed by atoms with E-state index in [0.29, 0.717) is 0 Å². The lowest BCUT2D eigenvalue weighted by atomic mass is 10.1. The first-order chi connectivity index (χ1) is 14.1. The average Bonchev–Trinajstić information content (AvgIpc) is 3.20. The molecule has 4 aromatic carbocycles. The van der Waals surface area contributed by atoms with Crippen molar-refractivity contribution in [3.05, 3.63) is 90.0 Å². The van der Waals surface area contributed by atoms with Gasteiger partial charge in [-0.15, -0.1) is 0 Å².